The second-order valence-corrected chi connectivity index (χ2v) is 12.2. The van der Waals surface area contributed by atoms with Gasteiger partial charge in [0.25, 0.3) is 0 Å². The Bertz CT molecular complexity index is 1280. The first-order valence-corrected chi connectivity index (χ1v) is 14.6. The summed E-state index contributed by atoms with van der Waals surface area (Å²) in [6, 6.07) is 24.1. The van der Waals surface area contributed by atoms with Crippen LogP contribution in [0.4, 0.5) is 0 Å². The van der Waals surface area contributed by atoms with Gasteiger partial charge < -0.3 is 4.90 Å². The van der Waals surface area contributed by atoms with Crippen LogP contribution in [0.2, 0.25) is 0 Å². The van der Waals surface area contributed by atoms with Gasteiger partial charge in [0.05, 0.1) is 11.4 Å². The summed E-state index contributed by atoms with van der Waals surface area (Å²) in [5.74, 6) is 0.430. The predicted molar refractivity (Wildman–Crippen MR) is 149 cm³/mol. The fourth-order valence-electron chi connectivity index (χ4n) is 5.47. The lowest BCUT2D eigenvalue weighted by atomic mass is 9.90. The van der Waals surface area contributed by atoms with Crippen LogP contribution in [0.5, 0.6) is 0 Å². The number of benzene rings is 3. The number of carbonyl (C=O) groups excluding carboxylic acids is 1. The maximum atomic E-state index is 13.9. The molecule has 196 valence electrons. The molecule has 0 spiro atoms. The van der Waals surface area contributed by atoms with Crippen LogP contribution in [-0.4, -0.2) is 49.7 Å². The Hall–Kier alpha value is -2.96. The van der Waals surface area contributed by atoms with Crippen molar-refractivity contribution in [3.05, 3.63) is 101 Å². The Labute approximate surface area is 222 Å². The fourth-order valence-corrected chi connectivity index (χ4v) is 7.27. The molecule has 1 amide bonds. The molecule has 3 aromatic carbocycles. The van der Waals surface area contributed by atoms with Gasteiger partial charge in [-0.05, 0) is 74.6 Å². The highest BCUT2D eigenvalue weighted by atomic mass is 32.2. The van der Waals surface area contributed by atoms with E-state index in [0.29, 0.717) is 30.3 Å². The minimum absolute atomic E-state index is 0.114. The van der Waals surface area contributed by atoms with Gasteiger partial charge in [-0.15, -0.1) is 0 Å². The van der Waals surface area contributed by atoms with E-state index >= 15 is 0 Å². The molecule has 1 aliphatic rings. The van der Waals surface area contributed by atoms with E-state index < -0.39 is 10.0 Å². The van der Waals surface area contributed by atoms with Crippen molar-refractivity contribution in [2.45, 2.75) is 51.3 Å². The lowest BCUT2D eigenvalue weighted by molar-refractivity contribution is -0.132. The number of hydrogen-bond acceptors (Lipinski definition) is 3. The molecule has 3 aromatic rings. The predicted octanol–water partition coefficient (Wildman–Crippen LogP) is 5.33. The van der Waals surface area contributed by atoms with Crippen molar-refractivity contribution in [3.8, 4) is 0 Å². The molecule has 37 heavy (non-hydrogen) atoms. The quantitative estimate of drug-likeness (QED) is 0.385. The van der Waals surface area contributed by atoms with Crippen LogP contribution in [0.15, 0.2) is 77.7 Å². The van der Waals surface area contributed by atoms with Gasteiger partial charge in [0.2, 0.25) is 15.9 Å². The average molecular weight is 519 g/mol. The summed E-state index contributed by atoms with van der Waals surface area (Å²) < 4.78 is 29.3. The molecule has 1 heterocycles. The summed E-state index contributed by atoms with van der Waals surface area (Å²) in [6.07, 6.45) is 3.45. The number of aryl methyl sites for hydroxylation is 3. The van der Waals surface area contributed by atoms with Crippen LogP contribution < -0.4 is 0 Å². The molecule has 6 heteroatoms. The maximum Gasteiger partial charge on any atom is 0.244 e. The largest absolute Gasteiger partial charge is 0.342 e. The van der Waals surface area contributed by atoms with Crippen molar-refractivity contribution < 1.29 is 13.2 Å². The molecule has 0 N–H and O–H groups in total. The summed E-state index contributed by atoms with van der Waals surface area (Å²) in [5, 5.41) is 0. The smallest absolute Gasteiger partial charge is 0.244 e. The van der Waals surface area contributed by atoms with Crippen LogP contribution in [0, 0.1) is 26.7 Å². The number of piperidine rings is 1. The van der Waals surface area contributed by atoms with Gasteiger partial charge in [0, 0.05) is 19.6 Å². The molecule has 0 unspecified atom stereocenters. The van der Waals surface area contributed by atoms with Crippen LogP contribution in [0.3, 0.4) is 0 Å². The molecule has 1 fully saturated rings. The Balaban J connectivity index is 1.48. The third-order valence-corrected chi connectivity index (χ3v) is 9.49. The van der Waals surface area contributed by atoms with Gasteiger partial charge in [0.15, 0.2) is 0 Å². The lowest BCUT2D eigenvalue weighted by Crippen LogP contribution is -2.46. The van der Waals surface area contributed by atoms with E-state index in [1.54, 1.807) is 0 Å². The molecule has 0 aliphatic carbocycles. The maximum absolute atomic E-state index is 13.9. The third kappa shape index (κ3) is 6.88. The highest BCUT2D eigenvalue weighted by molar-refractivity contribution is 7.89. The normalized spacial score (nSPS) is 14.8. The first-order chi connectivity index (χ1) is 17.7. The molecule has 0 atom stereocenters. The Morgan fingerprint density at radius 3 is 1.97 bits per heavy atom. The number of sulfonamides is 1. The van der Waals surface area contributed by atoms with Gasteiger partial charge in [-0.1, -0.05) is 78.4 Å². The average Bonchev–Trinajstić information content (AvgIpc) is 2.87. The molecule has 5 nitrogen and oxygen atoms in total. The number of carbonyl (C=O) groups is 1. The van der Waals surface area contributed by atoms with Crippen molar-refractivity contribution in [1.82, 2.24) is 9.21 Å². The van der Waals surface area contributed by atoms with Gasteiger partial charge >= 0.3 is 0 Å². The molecule has 0 bridgehead atoms. The first-order valence-electron chi connectivity index (χ1n) is 13.2. The monoisotopic (exact) mass is 518 g/mol. The SMILES string of the molecule is Cc1cc(C)c(S(=O)(=O)N(CCc2ccccc2)CC(=O)N2CCC(Cc3ccccc3)CC2)c(C)c1. The van der Waals surface area contributed by atoms with Crippen LogP contribution >= 0.6 is 0 Å². The van der Waals surface area contributed by atoms with Crippen molar-refractivity contribution >= 4 is 15.9 Å². The molecule has 0 saturated carbocycles. The summed E-state index contributed by atoms with van der Waals surface area (Å²) in [7, 11) is -3.85. The van der Waals surface area contributed by atoms with Crippen molar-refractivity contribution in [1.29, 1.82) is 0 Å². The van der Waals surface area contributed by atoms with E-state index in [1.807, 2.05) is 74.2 Å². The van der Waals surface area contributed by atoms with E-state index in [2.05, 4.69) is 24.3 Å². The summed E-state index contributed by atoms with van der Waals surface area (Å²) in [4.78, 5) is 15.6. The van der Waals surface area contributed by atoms with E-state index in [1.165, 1.54) is 9.87 Å². The minimum atomic E-state index is -3.85. The van der Waals surface area contributed by atoms with E-state index in [4.69, 9.17) is 0 Å². The number of nitrogens with zero attached hydrogens (tertiary/aromatic N) is 2. The minimum Gasteiger partial charge on any atom is -0.342 e. The van der Waals surface area contributed by atoms with Crippen LogP contribution in [-0.2, 0) is 27.7 Å². The summed E-state index contributed by atoms with van der Waals surface area (Å²) in [5.41, 5.74) is 4.84. The number of hydrogen-bond donors (Lipinski definition) is 0. The van der Waals surface area contributed by atoms with Crippen molar-refractivity contribution in [2.75, 3.05) is 26.2 Å². The zero-order valence-electron chi connectivity index (χ0n) is 22.2. The Kier molecular flexibility index (Phi) is 8.83. The first kappa shape index (κ1) is 27.1. The second kappa shape index (κ2) is 12.1. The number of rotatable bonds is 9. The molecule has 1 aliphatic heterocycles. The zero-order chi connectivity index (χ0) is 26.4. The summed E-state index contributed by atoms with van der Waals surface area (Å²) >= 11 is 0. The highest BCUT2D eigenvalue weighted by Crippen LogP contribution is 2.27. The summed E-state index contributed by atoms with van der Waals surface area (Å²) in [6.45, 7) is 7.11. The molecular formula is C31H38N2O3S. The van der Waals surface area contributed by atoms with E-state index in [0.717, 1.165) is 41.5 Å². The van der Waals surface area contributed by atoms with Gasteiger partial charge in [-0.2, -0.15) is 4.31 Å². The van der Waals surface area contributed by atoms with Crippen LogP contribution in [0.1, 0.15) is 40.7 Å². The lowest BCUT2D eigenvalue weighted by Gasteiger charge is -2.34. The second-order valence-electron chi connectivity index (χ2n) is 10.3. The van der Waals surface area contributed by atoms with Crippen molar-refractivity contribution in [2.24, 2.45) is 5.92 Å². The Morgan fingerprint density at radius 1 is 0.865 bits per heavy atom. The topological polar surface area (TPSA) is 57.7 Å². The number of amides is 1. The van der Waals surface area contributed by atoms with Crippen molar-refractivity contribution in [3.63, 3.8) is 0 Å². The molecule has 0 aromatic heterocycles. The number of likely N-dealkylation sites (tertiary alicyclic amines) is 1. The molecule has 1 saturated heterocycles. The van der Waals surface area contributed by atoms with E-state index in [9.17, 15) is 13.2 Å². The van der Waals surface area contributed by atoms with E-state index in [-0.39, 0.29) is 19.0 Å². The standard InChI is InChI=1S/C31H38N2O3S/c1-24-20-25(2)31(26(3)21-24)37(35,36)33(19-16-27-10-6-4-7-11-27)23-30(34)32-17-14-29(15-18-32)22-28-12-8-5-9-13-28/h4-13,20-21,29H,14-19,22-23H2,1-3H3. The van der Waals surface area contributed by atoms with Crippen LogP contribution in [0.25, 0.3) is 0 Å². The molecular weight excluding hydrogens is 480 g/mol. The van der Waals surface area contributed by atoms with Gasteiger partial charge in [0.1, 0.15) is 0 Å². The van der Waals surface area contributed by atoms with Gasteiger partial charge in [-0.3, -0.25) is 4.79 Å². The molecule has 4 rings (SSSR count). The Morgan fingerprint density at radius 2 is 1.41 bits per heavy atom. The third-order valence-electron chi connectivity index (χ3n) is 7.34. The molecule has 0 radical (unpaired) electrons. The fraction of sp³-hybridized carbons (Fsp3) is 0.387. The zero-order valence-corrected chi connectivity index (χ0v) is 23.0. The van der Waals surface area contributed by atoms with Gasteiger partial charge in [-0.25, -0.2) is 8.42 Å². The highest BCUT2D eigenvalue weighted by Gasteiger charge is 2.32.